The lowest BCUT2D eigenvalue weighted by Crippen LogP contribution is -2.27. The number of aromatic nitrogens is 1. The molecule has 222 valence electrons. The Bertz CT molecular complexity index is 982. The van der Waals surface area contributed by atoms with Gasteiger partial charge in [-0.2, -0.15) is 13.2 Å². The second-order valence-corrected chi connectivity index (χ2v) is 8.77. The average molecular weight is 560 g/mol. The molecule has 0 aliphatic carbocycles. The summed E-state index contributed by atoms with van der Waals surface area (Å²) >= 11 is 0. The minimum atomic E-state index is -4.58. The zero-order valence-corrected chi connectivity index (χ0v) is 24.5. The molecule has 0 fully saturated rings. The van der Waals surface area contributed by atoms with Gasteiger partial charge in [-0.1, -0.05) is 54.0 Å². The van der Waals surface area contributed by atoms with Gasteiger partial charge in [0.25, 0.3) is 5.88 Å². The molecule has 0 unspecified atom stereocenters. The number of nitrogens with zero attached hydrogens (tertiary/aromatic N) is 2. The molecule has 1 aromatic heterocycles. The highest BCUT2D eigenvalue weighted by molar-refractivity contribution is 5.40. The predicted molar refractivity (Wildman–Crippen MR) is 148 cm³/mol. The highest BCUT2D eigenvalue weighted by Gasteiger charge is 2.32. The van der Waals surface area contributed by atoms with Gasteiger partial charge in [-0.25, -0.2) is 15.3 Å². The van der Waals surface area contributed by atoms with Gasteiger partial charge in [-0.15, -0.1) is 0 Å². The first kappa shape index (κ1) is 36.1. The maximum absolute atomic E-state index is 13.6. The van der Waals surface area contributed by atoms with E-state index in [0.29, 0.717) is 5.76 Å². The van der Waals surface area contributed by atoms with E-state index in [0.717, 1.165) is 55.8 Å². The quantitative estimate of drug-likeness (QED) is 0.216. The maximum Gasteiger partial charge on any atom is 0.422 e. The number of alkyl halides is 3. The minimum Gasteiger partial charge on any atom is -0.478 e. The predicted octanol–water partition coefficient (Wildman–Crippen LogP) is 8.59. The van der Waals surface area contributed by atoms with Gasteiger partial charge in [0.05, 0.1) is 19.5 Å². The highest BCUT2D eigenvalue weighted by atomic mass is 19.4. The summed E-state index contributed by atoms with van der Waals surface area (Å²) in [5.74, 6) is 3.14. The standard InChI is InChI=1S/C26H34F4N2O2.C2H6.CH5NO/c1-7-12-25(9-3,13-8-2)19(5)20(6)32-16-22(11-10-18(32)4)34-24-23(14-21(27)15-31-24)33-17-26(28,29)30;1-2;1-3-2/h10-11,14-16H,4,7-9,12-13,17H2,1-3,5-6H3;1-2H3;2H2,1H3/b20-19+;;. The Hall–Kier alpha value is -2.85. The van der Waals surface area contributed by atoms with Crippen molar-refractivity contribution in [2.45, 2.75) is 86.7 Å². The third-order valence-corrected chi connectivity index (χ3v) is 6.23. The Morgan fingerprint density at radius 3 is 2.13 bits per heavy atom. The van der Waals surface area contributed by atoms with E-state index in [9.17, 15) is 17.6 Å². The van der Waals surface area contributed by atoms with E-state index < -0.39 is 24.3 Å². The third kappa shape index (κ3) is 11.4. The summed E-state index contributed by atoms with van der Waals surface area (Å²) in [6.45, 7) is 17.3. The molecule has 2 heterocycles. The molecule has 0 saturated carbocycles. The molecule has 1 aliphatic heterocycles. The Morgan fingerprint density at radius 2 is 1.64 bits per heavy atom. The Morgan fingerprint density at radius 1 is 1.08 bits per heavy atom. The van der Waals surface area contributed by atoms with E-state index >= 15 is 0 Å². The number of rotatable bonds is 11. The van der Waals surface area contributed by atoms with Crippen molar-refractivity contribution in [3.8, 4) is 11.6 Å². The van der Waals surface area contributed by atoms with E-state index in [1.54, 1.807) is 18.4 Å². The fourth-order valence-corrected chi connectivity index (χ4v) is 4.38. The van der Waals surface area contributed by atoms with Crippen LogP contribution in [0.1, 0.15) is 80.6 Å². The molecule has 2 rings (SSSR count). The third-order valence-electron chi connectivity index (χ3n) is 6.23. The topological polar surface area (TPSA) is 69.8 Å². The van der Waals surface area contributed by atoms with Crippen molar-refractivity contribution in [2.75, 3.05) is 13.7 Å². The average Bonchev–Trinajstić information content (AvgIpc) is 2.90. The van der Waals surface area contributed by atoms with Crippen molar-refractivity contribution in [3.05, 3.63) is 65.7 Å². The molecule has 0 amide bonds. The first-order chi connectivity index (χ1) is 18.4. The summed E-state index contributed by atoms with van der Waals surface area (Å²) < 4.78 is 61.8. The number of halogens is 4. The first-order valence-electron chi connectivity index (χ1n) is 13.2. The van der Waals surface area contributed by atoms with Gasteiger partial charge in [-0.05, 0) is 56.3 Å². The molecule has 0 spiro atoms. The van der Waals surface area contributed by atoms with Crippen LogP contribution in [0.3, 0.4) is 0 Å². The van der Waals surface area contributed by atoms with Gasteiger partial charge in [0.15, 0.2) is 12.4 Å². The molecule has 0 bridgehead atoms. The van der Waals surface area contributed by atoms with Crippen LogP contribution in [0, 0.1) is 11.2 Å². The van der Waals surface area contributed by atoms with Crippen LogP contribution in [0.2, 0.25) is 0 Å². The lowest BCUT2D eigenvalue weighted by atomic mass is 9.71. The lowest BCUT2D eigenvalue weighted by Gasteiger charge is -2.38. The highest BCUT2D eigenvalue weighted by Crippen LogP contribution is 2.43. The maximum atomic E-state index is 13.6. The van der Waals surface area contributed by atoms with Crippen LogP contribution in [-0.4, -0.2) is 29.8 Å². The summed E-state index contributed by atoms with van der Waals surface area (Å²) in [4.78, 5) is 9.43. The molecule has 0 saturated heterocycles. The zero-order valence-electron chi connectivity index (χ0n) is 24.5. The van der Waals surface area contributed by atoms with Crippen molar-refractivity contribution < 1.29 is 31.9 Å². The summed E-state index contributed by atoms with van der Waals surface area (Å²) in [6, 6.07) is 0.818. The molecule has 39 heavy (non-hydrogen) atoms. The van der Waals surface area contributed by atoms with Crippen LogP contribution < -0.4 is 15.4 Å². The summed E-state index contributed by atoms with van der Waals surface area (Å²) in [5, 5.41) is 0. The van der Waals surface area contributed by atoms with Gasteiger partial charge in [0.1, 0.15) is 11.6 Å². The largest absolute Gasteiger partial charge is 0.478 e. The second kappa shape index (κ2) is 17.7. The monoisotopic (exact) mass is 559 g/mol. The molecule has 0 atom stereocenters. The van der Waals surface area contributed by atoms with Crippen LogP contribution in [0.25, 0.3) is 0 Å². The summed E-state index contributed by atoms with van der Waals surface area (Å²) in [5.41, 5.74) is 3.07. The van der Waals surface area contributed by atoms with Crippen LogP contribution in [0.4, 0.5) is 17.6 Å². The van der Waals surface area contributed by atoms with Gasteiger partial charge < -0.3 is 19.2 Å². The van der Waals surface area contributed by atoms with Crippen molar-refractivity contribution in [3.63, 3.8) is 0 Å². The van der Waals surface area contributed by atoms with Crippen molar-refractivity contribution in [1.29, 1.82) is 0 Å². The van der Waals surface area contributed by atoms with Crippen molar-refractivity contribution >= 4 is 0 Å². The number of nitrogens with two attached hydrogens (primary N) is 1. The van der Waals surface area contributed by atoms with Gasteiger partial charge in [0, 0.05) is 17.5 Å². The minimum absolute atomic E-state index is 0.0704. The molecule has 2 N–H and O–H groups in total. The fourth-order valence-electron chi connectivity index (χ4n) is 4.38. The number of pyridine rings is 1. The normalized spacial score (nSPS) is 13.9. The summed E-state index contributed by atoms with van der Waals surface area (Å²) in [6.07, 6.45) is 6.67. The second-order valence-electron chi connectivity index (χ2n) is 8.77. The smallest absolute Gasteiger partial charge is 0.422 e. The van der Waals surface area contributed by atoms with Crippen LogP contribution in [0.5, 0.6) is 11.6 Å². The number of hydrogen-bond acceptors (Lipinski definition) is 6. The molecule has 1 aliphatic rings. The van der Waals surface area contributed by atoms with E-state index in [1.807, 2.05) is 25.7 Å². The Balaban J connectivity index is 0.00000269. The molecule has 0 aromatic carbocycles. The van der Waals surface area contributed by atoms with Crippen molar-refractivity contribution in [2.24, 2.45) is 11.3 Å². The number of ether oxygens (including phenoxy) is 2. The fraction of sp³-hybridized carbons (Fsp3) is 0.552. The Labute approximate surface area is 231 Å². The van der Waals surface area contributed by atoms with Crippen LogP contribution in [-0.2, 0) is 4.84 Å². The molecule has 6 nitrogen and oxygen atoms in total. The molecular formula is C29H45F4N3O3. The number of hydrogen-bond donors (Lipinski definition) is 1. The zero-order chi connectivity index (χ0) is 30.2. The van der Waals surface area contributed by atoms with E-state index in [-0.39, 0.29) is 11.3 Å². The number of allylic oxidation sites excluding steroid dienone is 4. The lowest BCUT2D eigenvalue weighted by molar-refractivity contribution is -0.153. The molecule has 10 heteroatoms. The SMILES string of the molecule is C=C1C=CC(Oc2ncc(F)cc2OCC(F)(F)F)=CN1/C(C)=C(\C)C(CC)(CCC)CCC.CC.CON. The van der Waals surface area contributed by atoms with E-state index in [2.05, 4.69) is 50.0 Å². The van der Waals surface area contributed by atoms with E-state index in [1.165, 1.54) is 12.7 Å². The van der Waals surface area contributed by atoms with Crippen LogP contribution >= 0.6 is 0 Å². The first-order valence-corrected chi connectivity index (χ1v) is 13.2. The van der Waals surface area contributed by atoms with Gasteiger partial charge in [-0.3, -0.25) is 0 Å². The molecule has 0 radical (unpaired) electrons. The van der Waals surface area contributed by atoms with Crippen LogP contribution in [0.15, 0.2) is 59.9 Å². The van der Waals surface area contributed by atoms with Crippen molar-refractivity contribution in [1.82, 2.24) is 9.88 Å². The van der Waals surface area contributed by atoms with E-state index in [4.69, 9.17) is 9.47 Å². The summed E-state index contributed by atoms with van der Waals surface area (Å²) in [7, 11) is 1.40. The molecular weight excluding hydrogens is 514 g/mol. The Kier molecular flexibility index (Phi) is 16.4. The van der Waals surface area contributed by atoms with Gasteiger partial charge >= 0.3 is 6.18 Å². The molecule has 1 aromatic rings. The van der Waals surface area contributed by atoms with Gasteiger partial charge in [0.2, 0.25) is 0 Å².